The zero-order chi connectivity index (χ0) is 8.27. The largest absolute Gasteiger partial charge is 0.241 e. The molecule has 4 heteroatoms. The number of aromatic nitrogens is 2. The molecule has 0 bridgehead atoms. The lowest BCUT2D eigenvalue weighted by Crippen LogP contribution is -1.94. The third-order valence-electron chi connectivity index (χ3n) is 1.16. The van der Waals surface area contributed by atoms with Crippen molar-refractivity contribution >= 4 is 11.8 Å². The summed E-state index contributed by atoms with van der Waals surface area (Å²) in [4.78, 5) is 7.80. The predicted octanol–water partition coefficient (Wildman–Crippen LogP) is 2.04. The van der Waals surface area contributed by atoms with Crippen molar-refractivity contribution in [1.82, 2.24) is 9.97 Å². The maximum Gasteiger partial charge on any atom is 0.187 e. The molecule has 1 aromatic rings. The Labute approximate surface area is 69.3 Å². The summed E-state index contributed by atoms with van der Waals surface area (Å²) in [6.45, 7) is 3.22. The van der Waals surface area contributed by atoms with Crippen molar-refractivity contribution < 1.29 is 4.39 Å². The highest BCUT2D eigenvalue weighted by Crippen LogP contribution is 2.15. The molecule has 0 fully saturated rings. The van der Waals surface area contributed by atoms with Crippen molar-refractivity contribution in [3.05, 3.63) is 24.9 Å². The van der Waals surface area contributed by atoms with Crippen LogP contribution in [0.15, 0.2) is 17.4 Å². The van der Waals surface area contributed by atoms with Gasteiger partial charge in [0.05, 0.1) is 5.69 Å². The zero-order valence-corrected chi connectivity index (χ0v) is 6.94. The van der Waals surface area contributed by atoms with Crippen LogP contribution in [-0.2, 0) is 0 Å². The Morgan fingerprint density at radius 1 is 1.73 bits per heavy atom. The van der Waals surface area contributed by atoms with Crippen LogP contribution in [-0.4, -0.2) is 16.2 Å². The molecule has 0 aliphatic heterocycles. The minimum absolute atomic E-state index is 0.337. The number of rotatable bonds is 2. The van der Waals surface area contributed by atoms with E-state index in [4.69, 9.17) is 0 Å². The Morgan fingerprint density at radius 3 is 3.00 bits per heavy atom. The van der Waals surface area contributed by atoms with Gasteiger partial charge in [0.2, 0.25) is 0 Å². The van der Waals surface area contributed by atoms with E-state index in [1.54, 1.807) is 0 Å². The zero-order valence-electron chi connectivity index (χ0n) is 6.12. The lowest BCUT2D eigenvalue weighted by atomic mass is 10.3. The normalized spacial score (nSPS) is 13.0. The second-order valence-electron chi connectivity index (χ2n) is 1.94. The number of nitrogens with zero attached hydrogens (tertiary/aromatic N) is 2. The first-order valence-corrected chi connectivity index (χ1v) is 4.30. The fourth-order valence-corrected chi connectivity index (χ4v) is 0.990. The summed E-state index contributed by atoms with van der Waals surface area (Å²) in [7, 11) is 0. The first-order valence-electron chi connectivity index (χ1n) is 3.08. The Morgan fingerprint density at radius 2 is 2.45 bits per heavy atom. The van der Waals surface area contributed by atoms with Crippen LogP contribution >= 0.6 is 11.8 Å². The third-order valence-corrected chi connectivity index (χ3v) is 1.72. The van der Waals surface area contributed by atoms with Crippen LogP contribution in [0.3, 0.4) is 0 Å². The standard InChI is InChI=1S/C7H8FN2S/c1-5(8)6-3-4-9-7(10-6)11-2/h3-5H,1H2,2H3. The Balaban J connectivity index is 2.91. The summed E-state index contributed by atoms with van der Waals surface area (Å²) < 4.78 is 12.5. The van der Waals surface area contributed by atoms with Gasteiger partial charge in [0.1, 0.15) is 6.17 Å². The Bertz CT molecular complexity index is 240. The fraction of sp³-hybridized carbons (Fsp3) is 0.286. The molecule has 1 atom stereocenters. The SMILES string of the molecule is [CH2]C(F)c1ccnc(SC)n1. The molecule has 0 saturated carbocycles. The molecule has 0 aromatic carbocycles. The molecule has 1 radical (unpaired) electrons. The smallest absolute Gasteiger partial charge is 0.187 e. The average Bonchev–Trinajstić information content (AvgIpc) is 2.05. The van der Waals surface area contributed by atoms with Gasteiger partial charge in [0.25, 0.3) is 0 Å². The molecule has 0 N–H and O–H groups in total. The van der Waals surface area contributed by atoms with E-state index in [-0.39, 0.29) is 0 Å². The van der Waals surface area contributed by atoms with Crippen LogP contribution in [0.2, 0.25) is 0 Å². The van der Waals surface area contributed by atoms with E-state index in [0.29, 0.717) is 10.9 Å². The lowest BCUT2D eigenvalue weighted by Gasteiger charge is -2.00. The third kappa shape index (κ3) is 2.15. The number of hydrogen-bond donors (Lipinski definition) is 0. The van der Waals surface area contributed by atoms with E-state index >= 15 is 0 Å². The van der Waals surface area contributed by atoms with Crippen molar-refractivity contribution in [1.29, 1.82) is 0 Å². The Kier molecular flexibility index (Phi) is 2.82. The summed E-state index contributed by atoms with van der Waals surface area (Å²) in [6, 6.07) is 1.53. The molecular weight excluding hydrogens is 163 g/mol. The summed E-state index contributed by atoms with van der Waals surface area (Å²) in [5, 5.41) is 0.578. The first-order chi connectivity index (χ1) is 5.24. The second-order valence-corrected chi connectivity index (χ2v) is 2.71. The molecule has 0 aliphatic rings. The van der Waals surface area contributed by atoms with Gasteiger partial charge in [0, 0.05) is 6.20 Å². The van der Waals surface area contributed by atoms with Gasteiger partial charge in [0.15, 0.2) is 5.16 Å². The molecule has 1 aromatic heterocycles. The van der Waals surface area contributed by atoms with Gasteiger partial charge in [-0.25, -0.2) is 14.4 Å². The van der Waals surface area contributed by atoms with Crippen molar-refractivity contribution in [3.63, 3.8) is 0 Å². The molecular formula is C7H8FN2S. The van der Waals surface area contributed by atoms with Gasteiger partial charge in [-0.1, -0.05) is 11.8 Å². The minimum atomic E-state index is -1.26. The number of hydrogen-bond acceptors (Lipinski definition) is 3. The van der Waals surface area contributed by atoms with E-state index in [1.807, 2.05) is 6.26 Å². The molecule has 11 heavy (non-hydrogen) atoms. The van der Waals surface area contributed by atoms with Crippen LogP contribution < -0.4 is 0 Å². The molecule has 1 rings (SSSR count). The number of halogens is 1. The highest BCUT2D eigenvalue weighted by atomic mass is 32.2. The van der Waals surface area contributed by atoms with Crippen LogP contribution in [0, 0.1) is 6.92 Å². The minimum Gasteiger partial charge on any atom is -0.241 e. The Hall–Kier alpha value is -0.640. The van der Waals surface area contributed by atoms with E-state index in [0.717, 1.165) is 0 Å². The molecule has 0 spiro atoms. The quantitative estimate of drug-likeness (QED) is 0.503. The maximum atomic E-state index is 12.5. The van der Waals surface area contributed by atoms with E-state index in [2.05, 4.69) is 16.9 Å². The average molecular weight is 171 g/mol. The molecule has 0 saturated heterocycles. The van der Waals surface area contributed by atoms with Crippen molar-refractivity contribution in [2.75, 3.05) is 6.26 Å². The van der Waals surface area contributed by atoms with Gasteiger partial charge >= 0.3 is 0 Å². The summed E-state index contributed by atoms with van der Waals surface area (Å²) in [5.41, 5.74) is 0.337. The lowest BCUT2D eigenvalue weighted by molar-refractivity contribution is 0.399. The van der Waals surface area contributed by atoms with Crippen molar-refractivity contribution in [2.45, 2.75) is 11.3 Å². The number of alkyl halides is 1. The molecule has 2 nitrogen and oxygen atoms in total. The highest BCUT2D eigenvalue weighted by Gasteiger charge is 2.04. The second kappa shape index (κ2) is 3.67. The van der Waals surface area contributed by atoms with Gasteiger partial charge in [-0.15, -0.1) is 0 Å². The highest BCUT2D eigenvalue weighted by molar-refractivity contribution is 7.98. The fourth-order valence-electron chi connectivity index (χ4n) is 0.627. The van der Waals surface area contributed by atoms with Gasteiger partial charge in [-0.3, -0.25) is 0 Å². The monoisotopic (exact) mass is 171 g/mol. The van der Waals surface area contributed by atoms with Gasteiger partial charge in [-0.2, -0.15) is 0 Å². The molecule has 0 aliphatic carbocycles. The predicted molar refractivity (Wildman–Crippen MR) is 43.0 cm³/mol. The topological polar surface area (TPSA) is 25.8 Å². The summed E-state index contributed by atoms with van der Waals surface area (Å²) >= 11 is 1.38. The van der Waals surface area contributed by atoms with Crippen molar-refractivity contribution in [2.24, 2.45) is 0 Å². The van der Waals surface area contributed by atoms with Crippen LogP contribution in [0.5, 0.6) is 0 Å². The van der Waals surface area contributed by atoms with E-state index < -0.39 is 6.17 Å². The summed E-state index contributed by atoms with van der Waals surface area (Å²) in [6.07, 6.45) is 2.12. The van der Waals surface area contributed by atoms with Crippen LogP contribution in [0.25, 0.3) is 0 Å². The van der Waals surface area contributed by atoms with Crippen molar-refractivity contribution in [3.8, 4) is 0 Å². The summed E-state index contributed by atoms with van der Waals surface area (Å²) in [5.74, 6) is 0. The molecule has 0 amide bonds. The molecule has 1 unspecified atom stereocenters. The van der Waals surface area contributed by atoms with Crippen LogP contribution in [0.4, 0.5) is 4.39 Å². The maximum absolute atomic E-state index is 12.5. The van der Waals surface area contributed by atoms with Crippen LogP contribution in [0.1, 0.15) is 11.9 Å². The van der Waals surface area contributed by atoms with Gasteiger partial charge < -0.3 is 0 Å². The first kappa shape index (κ1) is 8.46. The molecule has 1 heterocycles. The van der Waals surface area contributed by atoms with Gasteiger partial charge in [-0.05, 0) is 19.2 Å². The van der Waals surface area contributed by atoms with E-state index in [9.17, 15) is 4.39 Å². The number of thioether (sulfide) groups is 1. The van der Waals surface area contributed by atoms with E-state index in [1.165, 1.54) is 24.0 Å². The molecule has 59 valence electrons.